The van der Waals surface area contributed by atoms with Crippen molar-refractivity contribution in [1.29, 1.82) is 0 Å². The lowest BCUT2D eigenvalue weighted by molar-refractivity contribution is 0.568. The first kappa shape index (κ1) is 13.9. The van der Waals surface area contributed by atoms with Gasteiger partial charge in [-0.25, -0.2) is 18.1 Å². The van der Waals surface area contributed by atoms with E-state index in [1.807, 2.05) is 12.3 Å². The van der Waals surface area contributed by atoms with Crippen molar-refractivity contribution in [2.24, 2.45) is 5.92 Å². The normalized spacial score (nSPS) is 13.9. The van der Waals surface area contributed by atoms with Crippen LogP contribution < -0.4 is 4.72 Å². The first-order chi connectivity index (χ1) is 7.43. The fourth-order valence-electron chi connectivity index (χ4n) is 1.13. The SMILES string of the molecule is Cc1csc(CNS(=O)(=O)CC(C)CCl)n1. The van der Waals surface area contributed by atoms with Crippen molar-refractivity contribution in [2.75, 3.05) is 11.6 Å². The third kappa shape index (κ3) is 4.78. The van der Waals surface area contributed by atoms with Gasteiger partial charge < -0.3 is 0 Å². The van der Waals surface area contributed by atoms with E-state index >= 15 is 0 Å². The van der Waals surface area contributed by atoms with E-state index in [4.69, 9.17) is 11.6 Å². The second-order valence-corrected chi connectivity index (χ2v) is 6.85. The van der Waals surface area contributed by atoms with E-state index in [-0.39, 0.29) is 18.2 Å². The van der Waals surface area contributed by atoms with Gasteiger partial charge in [0, 0.05) is 17.0 Å². The van der Waals surface area contributed by atoms with Crippen LogP contribution in [-0.2, 0) is 16.6 Å². The number of hydrogen-bond donors (Lipinski definition) is 1. The molecule has 16 heavy (non-hydrogen) atoms. The molecule has 1 unspecified atom stereocenters. The highest BCUT2D eigenvalue weighted by Gasteiger charge is 2.15. The zero-order chi connectivity index (χ0) is 12.2. The van der Waals surface area contributed by atoms with E-state index in [1.54, 1.807) is 6.92 Å². The molecule has 0 aliphatic rings. The Hall–Kier alpha value is -0.170. The van der Waals surface area contributed by atoms with Gasteiger partial charge in [0.1, 0.15) is 5.01 Å². The van der Waals surface area contributed by atoms with Crippen molar-refractivity contribution in [1.82, 2.24) is 9.71 Å². The predicted molar refractivity (Wildman–Crippen MR) is 67.4 cm³/mol. The highest BCUT2D eigenvalue weighted by Crippen LogP contribution is 2.09. The molecule has 0 radical (unpaired) electrons. The highest BCUT2D eigenvalue weighted by molar-refractivity contribution is 7.89. The van der Waals surface area contributed by atoms with Gasteiger partial charge in [-0.1, -0.05) is 6.92 Å². The zero-order valence-electron chi connectivity index (χ0n) is 9.23. The summed E-state index contributed by atoms with van der Waals surface area (Å²) in [5.74, 6) is 0.357. The van der Waals surface area contributed by atoms with Crippen LogP contribution in [0.15, 0.2) is 5.38 Å². The molecule has 1 aromatic rings. The van der Waals surface area contributed by atoms with Crippen molar-refractivity contribution < 1.29 is 8.42 Å². The molecule has 0 aliphatic heterocycles. The quantitative estimate of drug-likeness (QED) is 0.809. The van der Waals surface area contributed by atoms with Crippen molar-refractivity contribution >= 4 is 33.0 Å². The average Bonchev–Trinajstić information content (AvgIpc) is 2.61. The van der Waals surface area contributed by atoms with Crippen LogP contribution in [0, 0.1) is 12.8 Å². The summed E-state index contributed by atoms with van der Waals surface area (Å²) in [6, 6.07) is 0. The van der Waals surface area contributed by atoms with Crippen molar-refractivity contribution in [3.8, 4) is 0 Å². The summed E-state index contributed by atoms with van der Waals surface area (Å²) < 4.78 is 25.7. The molecule has 92 valence electrons. The number of nitrogens with zero attached hydrogens (tertiary/aromatic N) is 1. The summed E-state index contributed by atoms with van der Waals surface area (Å²) in [6.45, 7) is 3.94. The molecule has 1 aromatic heterocycles. The average molecular weight is 283 g/mol. The first-order valence-electron chi connectivity index (χ1n) is 4.87. The monoisotopic (exact) mass is 282 g/mol. The molecule has 0 spiro atoms. The summed E-state index contributed by atoms with van der Waals surface area (Å²) in [6.07, 6.45) is 0. The third-order valence-corrected chi connectivity index (χ3v) is 4.96. The first-order valence-corrected chi connectivity index (χ1v) is 7.94. The number of sulfonamides is 1. The van der Waals surface area contributed by atoms with Crippen molar-refractivity contribution in [2.45, 2.75) is 20.4 Å². The standard InChI is InChI=1S/C9H15ClN2O2S2/c1-7(3-10)6-16(13,14)11-4-9-12-8(2)5-15-9/h5,7,11H,3-4,6H2,1-2H3. The number of aromatic nitrogens is 1. The summed E-state index contributed by atoms with van der Waals surface area (Å²) in [5.41, 5.74) is 0.910. The van der Waals surface area contributed by atoms with Crippen LogP contribution >= 0.6 is 22.9 Å². The molecule has 0 aromatic carbocycles. The zero-order valence-corrected chi connectivity index (χ0v) is 11.6. The molecule has 0 aliphatic carbocycles. The molecule has 0 bridgehead atoms. The summed E-state index contributed by atoms with van der Waals surface area (Å²) >= 11 is 7.03. The van der Waals surface area contributed by atoms with Crippen LogP contribution in [0.4, 0.5) is 0 Å². The molecule has 0 saturated carbocycles. The molecule has 0 fully saturated rings. The Kier molecular flexibility index (Phi) is 5.17. The topological polar surface area (TPSA) is 59.1 Å². The Morgan fingerprint density at radius 1 is 1.62 bits per heavy atom. The van der Waals surface area contributed by atoms with Crippen molar-refractivity contribution in [3.05, 3.63) is 16.1 Å². The van der Waals surface area contributed by atoms with Crippen LogP contribution in [0.1, 0.15) is 17.6 Å². The molecule has 4 nitrogen and oxygen atoms in total. The van der Waals surface area contributed by atoms with Gasteiger partial charge in [0.25, 0.3) is 0 Å². The minimum absolute atomic E-state index is 0.0443. The van der Waals surface area contributed by atoms with Gasteiger partial charge in [0.05, 0.1) is 12.3 Å². The van der Waals surface area contributed by atoms with Gasteiger partial charge in [-0.05, 0) is 12.8 Å². The number of halogens is 1. The fourth-order valence-corrected chi connectivity index (χ4v) is 3.52. The number of alkyl halides is 1. The number of nitrogens with one attached hydrogen (secondary N) is 1. The Labute approximate surface area is 105 Å². The molecule has 1 heterocycles. The van der Waals surface area contributed by atoms with E-state index in [2.05, 4.69) is 9.71 Å². The van der Waals surface area contributed by atoms with E-state index in [9.17, 15) is 8.42 Å². The van der Waals surface area contributed by atoms with E-state index in [0.29, 0.717) is 5.88 Å². The smallest absolute Gasteiger partial charge is 0.212 e. The van der Waals surface area contributed by atoms with Gasteiger partial charge in [-0.2, -0.15) is 0 Å². The minimum atomic E-state index is -3.25. The van der Waals surface area contributed by atoms with Crippen LogP contribution in [0.25, 0.3) is 0 Å². The predicted octanol–water partition coefficient (Wildman–Crippen LogP) is 1.75. The van der Waals surface area contributed by atoms with Gasteiger partial charge >= 0.3 is 0 Å². The Balaban J connectivity index is 2.48. The van der Waals surface area contributed by atoms with E-state index in [0.717, 1.165) is 10.7 Å². The fraction of sp³-hybridized carbons (Fsp3) is 0.667. The maximum Gasteiger partial charge on any atom is 0.212 e. The molecule has 1 rings (SSSR count). The second-order valence-electron chi connectivity index (χ2n) is 3.74. The largest absolute Gasteiger partial charge is 0.245 e. The summed E-state index contributed by atoms with van der Waals surface area (Å²) in [7, 11) is -3.25. The molecular formula is C9H15ClN2O2S2. The van der Waals surface area contributed by atoms with Crippen LogP contribution in [-0.4, -0.2) is 25.0 Å². The second kappa shape index (κ2) is 5.95. The van der Waals surface area contributed by atoms with Gasteiger partial charge in [0.2, 0.25) is 10.0 Å². The highest BCUT2D eigenvalue weighted by atomic mass is 35.5. The maximum atomic E-state index is 11.6. The van der Waals surface area contributed by atoms with Crippen LogP contribution in [0.5, 0.6) is 0 Å². The summed E-state index contributed by atoms with van der Waals surface area (Å²) in [5, 5.41) is 2.67. The molecule has 1 atom stereocenters. The molecule has 1 N–H and O–H groups in total. The molecule has 7 heteroatoms. The Morgan fingerprint density at radius 2 is 2.31 bits per heavy atom. The number of hydrogen-bond acceptors (Lipinski definition) is 4. The van der Waals surface area contributed by atoms with Gasteiger partial charge in [-0.3, -0.25) is 0 Å². The van der Waals surface area contributed by atoms with Crippen LogP contribution in [0.3, 0.4) is 0 Å². The van der Waals surface area contributed by atoms with Gasteiger partial charge in [-0.15, -0.1) is 22.9 Å². The molecule has 0 saturated heterocycles. The Morgan fingerprint density at radius 3 is 2.81 bits per heavy atom. The van der Waals surface area contributed by atoms with E-state index < -0.39 is 10.0 Å². The number of rotatable bonds is 6. The molecule has 0 amide bonds. The van der Waals surface area contributed by atoms with Crippen LogP contribution in [0.2, 0.25) is 0 Å². The van der Waals surface area contributed by atoms with E-state index in [1.165, 1.54) is 11.3 Å². The van der Waals surface area contributed by atoms with Gasteiger partial charge in [0.15, 0.2) is 0 Å². The summed E-state index contributed by atoms with van der Waals surface area (Å²) in [4.78, 5) is 4.18. The lowest BCUT2D eigenvalue weighted by Gasteiger charge is -2.08. The lowest BCUT2D eigenvalue weighted by Crippen LogP contribution is -2.29. The minimum Gasteiger partial charge on any atom is -0.245 e. The number of aryl methyl sites for hydroxylation is 1. The Bertz CT molecular complexity index is 430. The number of thiazole rings is 1. The maximum absolute atomic E-state index is 11.6. The van der Waals surface area contributed by atoms with Crippen molar-refractivity contribution in [3.63, 3.8) is 0 Å². The molecular weight excluding hydrogens is 268 g/mol. The third-order valence-electron chi connectivity index (χ3n) is 1.88. The lowest BCUT2D eigenvalue weighted by atomic mass is 10.3.